The minimum absolute atomic E-state index is 0.343. The molecule has 2 rings (SSSR count). The Hall–Kier alpha value is -2.15. The Balaban J connectivity index is 2.25. The van der Waals surface area contributed by atoms with Crippen LogP contribution in [0.1, 0.15) is 6.92 Å². The number of ether oxygens (including phenoxy) is 1. The van der Waals surface area contributed by atoms with Crippen molar-refractivity contribution in [3.8, 4) is 5.75 Å². The molecule has 0 aliphatic carbocycles. The molecule has 1 heterocycles. The molecule has 2 aromatic rings. The summed E-state index contributed by atoms with van der Waals surface area (Å²) in [6.45, 7) is 2.46. The van der Waals surface area contributed by atoms with E-state index in [1.54, 1.807) is 6.07 Å². The zero-order chi connectivity index (χ0) is 13.8. The Morgan fingerprint density at radius 2 is 1.79 bits per heavy atom. The van der Waals surface area contributed by atoms with E-state index >= 15 is 0 Å². The second-order valence-electron chi connectivity index (χ2n) is 3.73. The standard InChI is InChI=1S/C12H15N5OS/c1-2-18-9-5-7(3-4-8(9)13)19-12-16-10(14)6-11(15)17-12/h3-6H,2,13H2,1H3,(H4,14,15,16,17). The van der Waals surface area contributed by atoms with Crippen LogP contribution in [0.15, 0.2) is 34.3 Å². The van der Waals surface area contributed by atoms with Gasteiger partial charge in [0.15, 0.2) is 5.16 Å². The Morgan fingerprint density at radius 3 is 2.42 bits per heavy atom. The predicted octanol–water partition coefficient (Wildman–Crippen LogP) is 1.77. The highest BCUT2D eigenvalue weighted by molar-refractivity contribution is 7.99. The highest BCUT2D eigenvalue weighted by Gasteiger charge is 2.06. The number of hydrogen-bond donors (Lipinski definition) is 3. The number of hydrogen-bond acceptors (Lipinski definition) is 7. The number of rotatable bonds is 4. The highest BCUT2D eigenvalue weighted by atomic mass is 32.2. The van der Waals surface area contributed by atoms with Crippen LogP contribution in [0.3, 0.4) is 0 Å². The van der Waals surface area contributed by atoms with Gasteiger partial charge in [0.2, 0.25) is 0 Å². The molecule has 7 heteroatoms. The summed E-state index contributed by atoms with van der Waals surface area (Å²) in [5.41, 5.74) is 17.7. The third-order valence-corrected chi connectivity index (χ3v) is 3.09. The summed E-state index contributed by atoms with van der Waals surface area (Å²) in [7, 11) is 0. The predicted molar refractivity (Wildman–Crippen MR) is 77.0 cm³/mol. The van der Waals surface area contributed by atoms with Gasteiger partial charge in [-0.1, -0.05) is 0 Å². The molecule has 1 aromatic heterocycles. The molecule has 0 saturated carbocycles. The molecule has 0 saturated heterocycles. The van der Waals surface area contributed by atoms with Crippen molar-refractivity contribution >= 4 is 29.1 Å². The van der Waals surface area contributed by atoms with Crippen molar-refractivity contribution in [2.24, 2.45) is 0 Å². The van der Waals surface area contributed by atoms with Gasteiger partial charge in [-0.25, -0.2) is 9.97 Å². The Bertz CT molecular complexity index is 570. The van der Waals surface area contributed by atoms with Crippen molar-refractivity contribution in [3.05, 3.63) is 24.3 Å². The number of nitrogens with two attached hydrogens (primary N) is 3. The zero-order valence-corrected chi connectivity index (χ0v) is 11.3. The van der Waals surface area contributed by atoms with Gasteiger partial charge < -0.3 is 21.9 Å². The molecule has 0 aliphatic rings. The molecule has 6 N–H and O–H groups in total. The molecule has 0 amide bonds. The van der Waals surface area contributed by atoms with Gasteiger partial charge in [0.25, 0.3) is 0 Å². The van der Waals surface area contributed by atoms with E-state index in [0.717, 1.165) is 4.90 Å². The summed E-state index contributed by atoms with van der Waals surface area (Å²) in [6, 6.07) is 7.00. The maximum absolute atomic E-state index is 5.81. The maximum atomic E-state index is 5.81. The van der Waals surface area contributed by atoms with Crippen molar-refractivity contribution in [3.63, 3.8) is 0 Å². The summed E-state index contributed by atoms with van der Waals surface area (Å²) in [5, 5.41) is 0.490. The summed E-state index contributed by atoms with van der Waals surface area (Å²) in [4.78, 5) is 9.12. The van der Waals surface area contributed by atoms with Crippen molar-refractivity contribution in [2.75, 3.05) is 23.8 Å². The van der Waals surface area contributed by atoms with Gasteiger partial charge in [0, 0.05) is 11.0 Å². The van der Waals surface area contributed by atoms with E-state index in [9.17, 15) is 0 Å². The maximum Gasteiger partial charge on any atom is 0.196 e. The quantitative estimate of drug-likeness (QED) is 0.576. The first kappa shape index (κ1) is 13.3. The summed E-state index contributed by atoms with van der Waals surface area (Å²) in [5.74, 6) is 1.33. The Morgan fingerprint density at radius 1 is 1.11 bits per heavy atom. The van der Waals surface area contributed by atoms with E-state index in [1.807, 2.05) is 19.1 Å². The fourth-order valence-electron chi connectivity index (χ4n) is 1.47. The fourth-order valence-corrected chi connectivity index (χ4v) is 2.29. The average Bonchev–Trinajstić information content (AvgIpc) is 2.32. The van der Waals surface area contributed by atoms with Crippen LogP contribution in [0.4, 0.5) is 17.3 Å². The lowest BCUT2D eigenvalue weighted by atomic mass is 10.3. The molecule has 0 radical (unpaired) electrons. The Labute approximate surface area is 115 Å². The van der Waals surface area contributed by atoms with Gasteiger partial charge in [-0.2, -0.15) is 0 Å². The van der Waals surface area contributed by atoms with Crippen molar-refractivity contribution in [2.45, 2.75) is 17.0 Å². The molecule has 0 atom stereocenters. The summed E-state index contributed by atoms with van der Waals surface area (Å²) < 4.78 is 5.43. The zero-order valence-electron chi connectivity index (χ0n) is 10.5. The number of anilines is 3. The largest absolute Gasteiger partial charge is 0.492 e. The van der Waals surface area contributed by atoms with Crippen molar-refractivity contribution in [1.82, 2.24) is 9.97 Å². The highest BCUT2D eigenvalue weighted by Crippen LogP contribution is 2.32. The average molecular weight is 277 g/mol. The topological polar surface area (TPSA) is 113 Å². The van der Waals surface area contributed by atoms with Crippen molar-refractivity contribution in [1.29, 1.82) is 0 Å². The van der Waals surface area contributed by atoms with Crippen LogP contribution >= 0.6 is 11.8 Å². The molecule has 0 unspecified atom stereocenters. The summed E-state index contributed by atoms with van der Waals surface area (Å²) in [6.07, 6.45) is 0. The molecule has 1 aromatic carbocycles. The third kappa shape index (κ3) is 3.41. The van der Waals surface area contributed by atoms with E-state index in [-0.39, 0.29) is 0 Å². The van der Waals surface area contributed by atoms with E-state index in [1.165, 1.54) is 17.8 Å². The second kappa shape index (κ2) is 5.66. The Kier molecular flexibility index (Phi) is 3.96. The minimum atomic E-state index is 0.343. The minimum Gasteiger partial charge on any atom is -0.492 e. The molecule has 0 aliphatic heterocycles. The third-order valence-electron chi connectivity index (χ3n) is 2.24. The first-order valence-corrected chi connectivity index (χ1v) is 6.50. The fraction of sp³-hybridized carbons (Fsp3) is 0.167. The monoisotopic (exact) mass is 277 g/mol. The lowest BCUT2D eigenvalue weighted by molar-refractivity contribution is 0.341. The number of nitrogen functional groups attached to an aromatic ring is 3. The lowest BCUT2D eigenvalue weighted by Crippen LogP contribution is -1.99. The van der Waals surface area contributed by atoms with Crippen LogP contribution in [-0.4, -0.2) is 16.6 Å². The van der Waals surface area contributed by atoms with E-state index < -0.39 is 0 Å². The SMILES string of the molecule is CCOc1cc(Sc2nc(N)cc(N)n2)ccc1N. The van der Waals surface area contributed by atoms with Gasteiger partial charge >= 0.3 is 0 Å². The molecule has 0 fully saturated rings. The molecule has 100 valence electrons. The molecule has 0 spiro atoms. The first-order valence-electron chi connectivity index (χ1n) is 5.68. The molecule has 0 bridgehead atoms. The molecular weight excluding hydrogens is 262 g/mol. The number of benzene rings is 1. The van der Waals surface area contributed by atoms with Crippen LogP contribution in [-0.2, 0) is 0 Å². The van der Waals surface area contributed by atoms with Crippen LogP contribution in [0, 0.1) is 0 Å². The van der Waals surface area contributed by atoms with Crippen LogP contribution in [0.2, 0.25) is 0 Å². The molecule has 19 heavy (non-hydrogen) atoms. The lowest BCUT2D eigenvalue weighted by Gasteiger charge is -2.08. The molecular formula is C12H15N5OS. The van der Waals surface area contributed by atoms with Gasteiger partial charge in [-0.15, -0.1) is 0 Å². The van der Waals surface area contributed by atoms with E-state index in [4.69, 9.17) is 21.9 Å². The van der Waals surface area contributed by atoms with Gasteiger partial charge in [0.1, 0.15) is 17.4 Å². The first-order chi connectivity index (χ1) is 9.08. The smallest absolute Gasteiger partial charge is 0.196 e. The van der Waals surface area contributed by atoms with Crippen LogP contribution in [0.5, 0.6) is 5.75 Å². The number of nitrogens with zero attached hydrogens (tertiary/aromatic N) is 2. The molecule has 6 nitrogen and oxygen atoms in total. The van der Waals surface area contributed by atoms with Gasteiger partial charge in [0.05, 0.1) is 12.3 Å². The summed E-state index contributed by atoms with van der Waals surface area (Å²) >= 11 is 1.35. The normalized spacial score (nSPS) is 10.4. The van der Waals surface area contributed by atoms with Gasteiger partial charge in [-0.3, -0.25) is 0 Å². The van der Waals surface area contributed by atoms with Crippen LogP contribution in [0.25, 0.3) is 0 Å². The van der Waals surface area contributed by atoms with Gasteiger partial charge in [-0.05, 0) is 36.9 Å². The van der Waals surface area contributed by atoms with Crippen LogP contribution < -0.4 is 21.9 Å². The number of aromatic nitrogens is 2. The van der Waals surface area contributed by atoms with E-state index in [2.05, 4.69) is 9.97 Å². The second-order valence-corrected chi connectivity index (χ2v) is 4.78. The van der Waals surface area contributed by atoms with E-state index in [0.29, 0.717) is 34.8 Å². The van der Waals surface area contributed by atoms with Crippen molar-refractivity contribution < 1.29 is 4.74 Å².